The Morgan fingerprint density at radius 3 is 2.43 bits per heavy atom. The minimum absolute atomic E-state index is 0.185. The van der Waals surface area contributed by atoms with E-state index >= 15 is 0 Å². The lowest BCUT2D eigenvalue weighted by atomic mass is 10.1. The van der Waals surface area contributed by atoms with Crippen molar-refractivity contribution < 1.29 is 4.79 Å². The summed E-state index contributed by atoms with van der Waals surface area (Å²) in [6, 6.07) is 10.2. The van der Waals surface area contributed by atoms with Crippen LogP contribution in [0, 0.1) is 0 Å². The predicted octanol–water partition coefficient (Wildman–Crippen LogP) is 1.59. The number of hydrogen-bond donors (Lipinski definition) is 2. The molecule has 0 aliphatic carbocycles. The summed E-state index contributed by atoms with van der Waals surface area (Å²) in [5, 5.41) is 4.61. The zero-order chi connectivity index (χ0) is 15.2. The first kappa shape index (κ1) is 15.3. The van der Waals surface area contributed by atoms with Gasteiger partial charge in [0.25, 0.3) is 0 Å². The molecule has 0 atom stereocenters. The number of aromatic nitrogens is 2. The van der Waals surface area contributed by atoms with Crippen molar-refractivity contribution in [3.63, 3.8) is 0 Å². The molecule has 0 saturated heterocycles. The lowest BCUT2D eigenvalue weighted by Crippen LogP contribution is -2.31. The van der Waals surface area contributed by atoms with Gasteiger partial charge in [0.2, 0.25) is 5.91 Å². The molecule has 1 aromatic carbocycles. The maximum atomic E-state index is 11.2. The van der Waals surface area contributed by atoms with Crippen LogP contribution < -0.4 is 11.3 Å². The van der Waals surface area contributed by atoms with Gasteiger partial charge in [-0.25, -0.2) is 5.84 Å². The summed E-state index contributed by atoms with van der Waals surface area (Å²) >= 11 is 0. The average molecular weight is 286 g/mol. The van der Waals surface area contributed by atoms with Crippen LogP contribution in [-0.4, -0.2) is 15.7 Å². The summed E-state index contributed by atoms with van der Waals surface area (Å²) in [5.41, 5.74) is 6.64. The molecule has 3 N–H and O–H groups in total. The highest BCUT2D eigenvalue weighted by molar-refractivity contribution is 5.77. The van der Waals surface area contributed by atoms with Gasteiger partial charge in [0.1, 0.15) is 0 Å². The third-order valence-electron chi connectivity index (χ3n) is 3.52. The van der Waals surface area contributed by atoms with Gasteiger partial charge in [-0.1, -0.05) is 38.1 Å². The average Bonchev–Trinajstić information content (AvgIpc) is 2.91. The summed E-state index contributed by atoms with van der Waals surface area (Å²) < 4.78 is 2.06. The van der Waals surface area contributed by atoms with Crippen molar-refractivity contribution in [2.45, 2.75) is 39.7 Å². The summed E-state index contributed by atoms with van der Waals surface area (Å²) in [4.78, 5) is 11.2. The Balaban J connectivity index is 2.09. The molecule has 0 aliphatic heterocycles. The quantitative estimate of drug-likeness (QED) is 0.481. The van der Waals surface area contributed by atoms with Crippen molar-refractivity contribution in [3.8, 4) is 0 Å². The van der Waals surface area contributed by atoms with Crippen molar-refractivity contribution in [1.29, 1.82) is 0 Å². The number of amides is 1. The normalized spacial score (nSPS) is 10.6. The van der Waals surface area contributed by atoms with Crippen molar-refractivity contribution in [1.82, 2.24) is 15.2 Å². The molecule has 0 spiro atoms. The summed E-state index contributed by atoms with van der Waals surface area (Å²) in [7, 11) is 0. The topological polar surface area (TPSA) is 72.9 Å². The number of benzene rings is 1. The second-order valence-corrected chi connectivity index (χ2v) is 5.05. The predicted molar refractivity (Wildman–Crippen MR) is 82.6 cm³/mol. The van der Waals surface area contributed by atoms with E-state index in [1.165, 1.54) is 11.3 Å². The molecule has 0 aliphatic rings. The van der Waals surface area contributed by atoms with E-state index in [2.05, 4.69) is 35.1 Å². The number of nitrogens with one attached hydrogen (secondary N) is 1. The number of nitrogens with two attached hydrogens (primary N) is 1. The Morgan fingerprint density at radius 2 is 1.86 bits per heavy atom. The highest BCUT2D eigenvalue weighted by atomic mass is 16.2. The van der Waals surface area contributed by atoms with Gasteiger partial charge < -0.3 is 0 Å². The Bertz CT molecular complexity index is 601. The monoisotopic (exact) mass is 286 g/mol. The molecule has 1 amide bonds. The van der Waals surface area contributed by atoms with Crippen LogP contribution in [-0.2, 0) is 30.6 Å². The number of hydrazine groups is 1. The Morgan fingerprint density at radius 1 is 1.19 bits per heavy atom. The van der Waals surface area contributed by atoms with E-state index in [1.807, 2.05) is 24.3 Å². The smallest absolute Gasteiger partial charge is 0.238 e. The third kappa shape index (κ3) is 3.92. The third-order valence-corrected chi connectivity index (χ3v) is 3.52. The maximum absolute atomic E-state index is 11.2. The van der Waals surface area contributed by atoms with Gasteiger partial charge in [-0.05, 0) is 30.0 Å². The van der Waals surface area contributed by atoms with E-state index in [-0.39, 0.29) is 5.91 Å². The van der Waals surface area contributed by atoms with Crippen molar-refractivity contribution in [3.05, 3.63) is 52.8 Å². The zero-order valence-corrected chi connectivity index (χ0v) is 12.6. The largest absolute Gasteiger partial charge is 0.294 e. The summed E-state index contributed by atoms with van der Waals surface area (Å²) in [6.07, 6.45) is 2.23. The van der Waals surface area contributed by atoms with Gasteiger partial charge in [0, 0.05) is 5.69 Å². The van der Waals surface area contributed by atoms with Gasteiger partial charge in [-0.15, -0.1) is 0 Å². The van der Waals surface area contributed by atoms with E-state index in [0.29, 0.717) is 6.42 Å². The molecule has 112 valence electrons. The van der Waals surface area contributed by atoms with E-state index in [4.69, 9.17) is 5.84 Å². The van der Waals surface area contributed by atoms with Crippen molar-refractivity contribution >= 4 is 5.91 Å². The molecular formula is C16H22N4O. The minimum Gasteiger partial charge on any atom is -0.294 e. The van der Waals surface area contributed by atoms with E-state index < -0.39 is 0 Å². The molecule has 0 unspecified atom stereocenters. The van der Waals surface area contributed by atoms with Crippen molar-refractivity contribution in [2.75, 3.05) is 0 Å². The van der Waals surface area contributed by atoms with Crippen LogP contribution in [0.3, 0.4) is 0 Å². The Kier molecular flexibility index (Phi) is 5.11. The first-order valence-electron chi connectivity index (χ1n) is 7.29. The van der Waals surface area contributed by atoms with Crippen LogP contribution in [0.2, 0.25) is 0 Å². The van der Waals surface area contributed by atoms with Crippen LogP contribution in [0.25, 0.3) is 0 Å². The molecular weight excluding hydrogens is 264 g/mol. The molecule has 0 fully saturated rings. The zero-order valence-electron chi connectivity index (χ0n) is 12.6. The van der Waals surface area contributed by atoms with E-state index in [1.54, 1.807) is 0 Å². The minimum atomic E-state index is -0.185. The molecule has 21 heavy (non-hydrogen) atoms. The Labute approximate surface area is 125 Å². The van der Waals surface area contributed by atoms with Gasteiger partial charge in [-0.2, -0.15) is 5.10 Å². The molecule has 0 radical (unpaired) electrons. The number of rotatable bonds is 6. The molecule has 5 nitrogen and oxygen atoms in total. The highest BCUT2D eigenvalue weighted by Crippen LogP contribution is 2.11. The highest BCUT2D eigenvalue weighted by Gasteiger charge is 2.06. The molecule has 2 rings (SSSR count). The molecule has 5 heteroatoms. The lowest BCUT2D eigenvalue weighted by Gasteiger charge is -2.07. The number of carbonyl (C=O) groups is 1. The fourth-order valence-electron chi connectivity index (χ4n) is 2.28. The molecule has 0 bridgehead atoms. The first-order valence-corrected chi connectivity index (χ1v) is 7.29. The van der Waals surface area contributed by atoms with Gasteiger partial charge in [0.15, 0.2) is 0 Å². The van der Waals surface area contributed by atoms with Crippen LogP contribution in [0.5, 0.6) is 0 Å². The number of aryl methyl sites for hydroxylation is 2. The summed E-state index contributed by atoms with van der Waals surface area (Å²) in [6.45, 7) is 5.01. The number of carbonyl (C=O) groups excluding carboxylic acids is 1. The van der Waals surface area contributed by atoms with Crippen molar-refractivity contribution in [2.24, 2.45) is 5.84 Å². The van der Waals surface area contributed by atoms with Crippen LogP contribution in [0.1, 0.15) is 36.4 Å². The number of hydrogen-bond acceptors (Lipinski definition) is 3. The molecule has 0 saturated carbocycles. The maximum Gasteiger partial charge on any atom is 0.238 e. The SMILES string of the molecule is CCc1cc(CC)n(Cc2ccc(CC(=O)NN)cc2)n1. The molecule has 1 heterocycles. The fourth-order valence-corrected chi connectivity index (χ4v) is 2.28. The van der Waals surface area contributed by atoms with Crippen LogP contribution in [0.4, 0.5) is 0 Å². The second-order valence-electron chi connectivity index (χ2n) is 5.05. The first-order chi connectivity index (χ1) is 10.2. The van der Waals surface area contributed by atoms with E-state index in [9.17, 15) is 4.79 Å². The lowest BCUT2D eigenvalue weighted by molar-refractivity contribution is -0.120. The fraction of sp³-hybridized carbons (Fsp3) is 0.375. The number of nitrogens with zero attached hydrogens (tertiary/aromatic N) is 2. The van der Waals surface area contributed by atoms with E-state index in [0.717, 1.165) is 30.6 Å². The standard InChI is InChI=1S/C16H22N4O/c1-3-14-10-15(4-2)20(19-14)11-13-7-5-12(6-8-13)9-16(21)18-17/h5-8,10H,3-4,9,11,17H2,1-2H3,(H,18,21). The summed E-state index contributed by atoms with van der Waals surface area (Å²) in [5.74, 6) is 4.90. The van der Waals surface area contributed by atoms with Gasteiger partial charge in [0.05, 0.1) is 18.7 Å². The molecule has 2 aromatic rings. The van der Waals surface area contributed by atoms with Gasteiger partial charge in [-0.3, -0.25) is 14.9 Å². The van der Waals surface area contributed by atoms with Gasteiger partial charge >= 0.3 is 0 Å². The second kappa shape index (κ2) is 7.04. The molecule has 1 aromatic heterocycles. The van der Waals surface area contributed by atoms with Crippen LogP contribution >= 0.6 is 0 Å². The Hall–Kier alpha value is -2.14. The van der Waals surface area contributed by atoms with Crippen LogP contribution in [0.15, 0.2) is 30.3 Å².